The standard InChI is InChI=1S/C16H15Br.C2H6OS.Na.H/c1-2-6-16(13-7-4-3-5-8-13)14-9-11-15(17)12-10-14;1-4(2)3;;/h3-12H,2H2,1H3;1-2H3;;/q;;+1;-1/b16-6+;;;. The van der Waals surface area contributed by atoms with Crippen LogP contribution in [-0.2, 0) is 10.8 Å². The summed E-state index contributed by atoms with van der Waals surface area (Å²) >= 11 is 3.47. The van der Waals surface area contributed by atoms with Crippen molar-refractivity contribution in [3.63, 3.8) is 0 Å². The fourth-order valence-electron chi connectivity index (χ4n) is 1.85. The van der Waals surface area contributed by atoms with Crippen molar-refractivity contribution in [1.29, 1.82) is 0 Å². The third kappa shape index (κ3) is 8.44. The van der Waals surface area contributed by atoms with Crippen LogP contribution in [0.25, 0.3) is 5.57 Å². The number of allylic oxidation sites excluding steroid dienone is 1. The van der Waals surface area contributed by atoms with E-state index < -0.39 is 10.8 Å². The average molecular weight is 389 g/mol. The number of hydrogen-bond donors (Lipinski definition) is 0. The van der Waals surface area contributed by atoms with Gasteiger partial charge in [0.15, 0.2) is 0 Å². The second-order valence-electron chi connectivity index (χ2n) is 4.64. The summed E-state index contributed by atoms with van der Waals surface area (Å²) in [7, 11) is -0.611. The molecule has 0 aliphatic heterocycles. The molecule has 0 saturated carbocycles. The molecule has 0 fully saturated rings. The minimum absolute atomic E-state index is 0. The Labute approximate surface area is 168 Å². The van der Waals surface area contributed by atoms with Crippen molar-refractivity contribution in [2.45, 2.75) is 13.3 Å². The largest absolute Gasteiger partial charge is 1.00 e. The first-order valence-electron chi connectivity index (χ1n) is 6.81. The molecular formula is C18H22BrNaOS. The molecule has 0 aliphatic rings. The molecular weight excluding hydrogens is 367 g/mol. The van der Waals surface area contributed by atoms with Crippen molar-refractivity contribution in [3.8, 4) is 0 Å². The number of hydrogen-bond acceptors (Lipinski definition) is 1. The molecule has 4 heteroatoms. The summed E-state index contributed by atoms with van der Waals surface area (Å²) in [5.74, 6) is 0. The summed E-state index contributed by atoms with van der Waals surface area (Å²) in [5, 5.41) is 0. The maximum absolute atomic E-state index is 9.56. The van der Waals surface area contributed by atoms with Crippen LogP contribution in [0.1, 0.15) is 25.9 Å². The smallest absolute Gasteiger partial charge is 1.00 e. The Morgan fingerprint density at radius 2 is 1.50 bits per heavy atom. The molecule has 0 aromatic heterocycles. The number of rotatable bonds is 3. The van der Waals surface area contributed by atoms with Crippen LogP contribution in [0, 0.1) is 0 Å². The summed E-state index contributed by atoms with van der Waals surface area (Å²) in [6.07, 6.45) is 6.60. The van der Waals surface area contributed by atoms with E-state index in [1.54, 1.807) is 12.5 Å². The van der Waals surface area contributed by atoms with Crippen LogP contribution >= 0.6 is 15.9 Å². The predicted molar refractivity (Wildman–Crippen MR) is 99.1 cm³/mol. The van der Waals surface area contributed by atoms with E-state index in [-0.39, 0.29) is 31.0 Å². The SMILES string of the molecule is CC/C=C(\c1ccccc1)c1ccc(Br)cc1.CS(C)=O.[H-].[Na+]. The van der Waals surface area contributed by atoms with Gasteiger partial charge in [-0.05, 0) is 35.3 Å². The van der Waals surface area contributed by atoms with Gasteiger partial charge < -0.3 is 1.43 Å². The summed E-state index contributed by atoms with van der Waals surface area (Å²) in [6, 6.07) is 19.0. The van der Waals surface area contributed by atoms with E-state index in [2.05, 4.69) is 83.5 Å². The molecule has 0 atom stereocenters. The molecule has 1 nitrogen and oxygen atoms in total. The molecule has 22 heavy (non-hydrogen) atoms. The van der Waals surface area contributed by atoms with Gasteiger partial charge >= 0.3 is 29.6 Å². The van der Waals surface area contributed by atoms with Crippen LogP contribution in [0.15, 0.2) is 65.1 Å². The zero-order valence-corrected chi connectivity index (χ0v) is 18.1. The molecule has 2 rings (SSSR count). The van der Waals surface area contributed by atoms with Crippen LogP contribution in [0.3, 0.4) is 0 Å². The van der Waals surface area contributed by atoms with Gasteiger partial charge in [-0.1, -0.05) is 71.4 Å². The molecule has 0 aliphatic carbocycles. The Kier molecular flexibility index (Phi) is 12.2. The quantitative estimate of drug-likeness (QED) is 0.737. The van der Waals surface area contributed by atoms with Crippen molar-refractivity contribution >= 4 is 32.3 Å². The van der Waals surface area contributed by atoms with E-state index in [0.717, 1.165) is 10.9 Å². The van der Waals surface area contributed by atoms with Crippen molar-refractivity contribution in [2.24, 2.45) is 0 Å². The topological polar surface area (TPSA) is 17.1 Å². The molecule has 0 N–H and O–H groups in total. The van der Waals surface area contributed by atoms with Gasteiger partial charge in [0.2, 0.25) is 0 Å². The summed E-state index contributed by atoms with van der Waals surface area (Å²) in [4.78, 5) is 0. The first-order chi connectivity index (χ1) is 10.0. The van der Waals surface area contributed by atoms with E-state index in [0.29, 0.717) is 0 Å². The van der Waals surface area contributed by atoms with E-state index >= 15 is 0 Å². The Hall–Kier alpha value is -0.190. The number of halogens is 1. The monoisotopic (exact) mass is 388 g/mol. The Morgan fingerprint density at radius 1 is 1.05 bits per heavy atom. The maximum Gasteiger partial charge on any atom is 1.00 e. The van der Waals surface area contributed by atoms with Crippen LogP contribution in [0.2, 0.25) is 0 Å². The molecule has 0 unspecified atom stereocenters. The van der Waals surface area contributed by atoms with E-state index in [4.69, 9.17) is 0 Å². The maximum atomic E-state index is 9.56. The first kappa shape index (κ1) is 21.8. The van der Waals surface area contributed by atoms with Crippen LogP contribution in [0.5, 0.6) is 0 Å². The molecule has 0 radical (unpaired) electrons. The zero-order chi connectivity index (χ0) is 15.7. The van der Waals surface area contributed by atoms with Crippen molar-refractivity contribution in [2.75, 3.05) is 12.5 Å². The second kappa shape index (κ2) is 12.3. The molecule has 2 aromatic carbocycles. The molecule has 0 amide bonds. The molecule has 0 bridgehead atoms. The number of benzene rings is 2. The molecule has 0 spiro atoms. The Balaban J connectivity index is 0. The van der Waals surface area contributed by atoms with Gasteiger partial charge in [-0.25, -0.2) is 0 Å². The van der Waals surface area contributed by atoms with Gasteiger partial charge in [0.05, 0.1) is 0 Å². The third-order valence-electron chi connectivity index (χ3n) is 2.65. The minimum Gasteiger partial charge on any atom is -1.00 e. The van der Waals surface area contributed by atoms with Gasteiger partial charge in [-0.15, -0.1) is 0 Å². The van der Waals surface area contributed by atoms with Crippen molar-refractivity contribution < 1.29 is 35.2 Å². The zero-order valence-electron chi connectivity index (χ0n) is 14.7. The van der Waals surface area contributed by atoms with Crippen LogP contribution < -0.4 is 29.6 Å². The minimum atomic E-state index is -0.611. The first-order valence-corrected chi connectivity index (χ1v) is 9.57. The van der Waals surface area contributed by atoms with Crippen molar-refractivity contribution in [3.05, 3.63) is 76.3 Å². The van der Waals surface area contributed by atoms with Gasteiger partial charge in [0.1, 0.15) is 0 Å². The normalized spacial score (nSPS) is 10.5. The summed E-state index contributed by atoms with van der Waals surface area (Å²) in [6.45, 7) is 2.17. The van der Waals surface area contributed by atoms with E-state index in [1.807, 2.05) is 0 Å². The molecule has 114 valence electrons. The van der Waals surface area contributed by atoms with Gasteiger partial charge in [0.25, 0.3) is 0 Å². The summed E-state index contributed by atoms with van der Waals surface area (Å²) < 4.78 is 10.7. The van der Waals surface area contributed by atoms with Crippen LogP contribution in [0.4, 0.5) is 0 Å². The molecule has 0 saturated heterocycles. The average Bonchev–Trinajstić information content (AvgIpc) is 2.46. The van der Waals surface area contributed by atoms with Crippen LogP contribution in [-0.4, -0.2) is 16.7 Å². The van der Waals surface area contributed by atoms with Gasteiger partial charge in [-0.2, -0.15) is 0 Å². The van der Waals surface area contributed by atoms with E-state index in [1.165, 1.54) is 16.7 Å². The third-order valence-corrected chi connectivity index (χ3v) is 3.18. The fraction of sp³-hybridized carbons (Fsp3) is 0.222. The van der Waals surface area contributed by atoms with Gasteiger partial charge in [-0.3, -0.25) is 4.21 Å². The second-order valence-corrected chi connectivity index (χ2v) is 7.04. The molecule has 0 heterocycles. The predicted octanol–water partition coefficient (Wildman–Crippen LogP) is 2.40. The Bertz CT molecular complexity index is 596. The fourth-order valence-corrected chi connectivity index (χ4v) is 2.12. The van der Waals surface area contributed by atoms with Gasteiger partial charge in [0, 0.05) is 27.8 Å². The molecule has 2 aromatic rings. The van der Waals surface area contributed by atoms with Crippen molar-refractivity contribution in [1.82, 2.24) is 0 Å². The Morgan fingerprint density at radius 3 is 1.95 bits per heavy atom. The van der Waals surface area contributed by atoms with E-state index in [9.17, 15) is 4.21 Å². The summed E-state index contributed by atoms with van der Waals surface area (Å²) in [5.41, 5.74) is 3.85.